The van der Waals surface area contributed by atoms with Crippen LogP contribution in [-0.2, 0) is 4.79 Å². The molecule has 1 aromatic rings. The third-order valence-corrected chi connectivity index (χ3v) is 4.12. The fraction of sp³-hybridized carbons (Fsp3) is 0.333. The largest absolute Gasteiger partial charge is 0.368 e. The molecule has 0 spiro atoms. The molecule has 1 aliphatic rings. The molecule has 1 heterocycles. The number of hydrogen-bond acceptors (Lipinski definition) is 6. The highest BCUT2D eigenvalue weighted by molar-refractivity contribution is 5.73. The summed E-state index contributed by atoms with van der Waals surface area (Å²) in [6, 6.07) is 10.9. The first-order chi connectivity index (χ1) is 12.0. The van der Waals surface area contributed by atoms with Gasteiger partial charge >= 0.3 is 0 Å². The molecule has 0 bridgehead atoms. The second-order valence-electron chi connectivity index (χ2n) is 5.70. The SMILES string of the molecule is CC(=O)N1CCN(c2ccc(NC(C#N)=C(C#N)C#N)cc2C)CC1. The Hall–Kier alpha value is -3.50. The molecule has 7 nitrogen and oxygen atoms in total. The van der Waals surface area contributed by atoms with Gasteiger partial charge in [0.2, 0.25) is 5.91 Å². The van der Waals surface area contributed by atoms with Crippen molar-refractivity contribution in [3.05, 3.63) is 35.0 Å². The first-order valence-electron chi connectivity index (χ1n) is 7.83. The molecule has 25 heavy (non-hydrogen) atoms. The Morgan fingerprint density at radius 1 is 1.08 bits per heavy atom. The quantitative estimate of drug-likeness (QED) is 0.846. The highest BCUT2D eigenvalue weighted by Gasteiger charge is 2.20. The van der Waals surface area contributed by atoms with Gasteiger partial charge in [0.15, 0.2) is 5.57 Å². The molecule has 1 N–H and O–H groups in total. The predicted molar refractivity (Wildman–Crippen MR) is 93.1 cm³/mol. The Bertz CT molecular complexity index is 813. The van der Waals surface area contributed by atoms with E-state index in [0.717, 1.165) is 24.3 Å². The Morgan fingerprint density at radius 3 is 2.20 bits per heavy atom. The number of allylic oxidation sites excluding steroid dienone is 2. The molecule has 2 rings (SSSR count). The molecule has 0 atom stereocenters. The number of aryl methyl sites for hydroxylation is 1. The van der Waals surface area contributed by atoms with E-state index in [4.69, 9.17) is 15.8 Å². The van der Waals surface area contributed by atoms with E-state index >= 15 is 0 Å². The van der Waals surface area contributed by atoms with Crippen molar-refractivity contribution in [3.63, 3.8) is 0 Å². The summed E-state index contributed by atoms with van der Waals surface area (Å²) in [4.78, 5) is 15.5. The van der Waals surface area contributed by atoms with Gasteiger partial charge in [0, 0.05) is 44.5 Å². The van der Waals surface area contributed by atoms with Crippen LogP contribution in [0.2, 0.25) is 0 Å². The van der Waals surface area contributed by atoms with E-state index in [1.54, 1.807) is 19.1 Å². The van der Waals surface area contributed by atoms with E-state index in [1.807, 2.05) is 36.1 Å². The number of benzene rings is 1. The van der Waals surface area contributed by atoms with Crippen molar-refractivity contribution in [2.24, 2.45) is 0 Å². The van der Waals surface area contributed by atoms with Crippen LogP contribution in [0.15, 0.2) is 29.5 Å². The number of nitrogens with zero attached hydrogens (tertiary/aromatic N) is 5. The van der Waals surface area contributed by atoms with Crippen molar-refractivity contribution in [2.45, 2.75) is 13.8 Å². The smallest absolute Gasteiger partial charge is 0.219 e. The van der Waals surface area contributed by atoms with Gasteiger partial charge in [0.25, 0.3) is 0 Å². The highest BCUT2D eigenvalue weighted by Crippen LogP contribution is 2.25. The van der Waals surface area contributed by atoms with Crippen molar-refractivity contribution in [2.75, 3.05) is 36.4 Å². The maximum absolute atomic E-state index is 11.4. The van der Waals surface area contributed by atoms with Crippen LogP contribution in [-0.4, -0.2) is 37.0 Å². The fourth-order valence-corrected chi connectivity index (χ4v) is 2.78. The van der Waals surface area contributed by atoms with Crippen LogP contribution in [0.5, 0.6) is 0 Å². The molecule has 0 unspecified atom stereocenters. The normalized spacial score (nSPS) is 13.2. The first-order valence-corrected chi connectivity index (χ1v) is 7.83. The van der Waals surface area contributed by atoms with Gasteiger partial charge in [-0.15, -0.1) is 0 Å². The Balaban J connectivity index is 2.16. The number of carbonyl (C=O) groups excluding carboxylic acids is 1. The van der Waals surface area contributed by atoms with Gasteiger partial charge in [-0.1, -0.05) is 0 Å². The van der Waals surface area contributed by atoms with Crippen LogP contribution in [0.4, 0.5) is 11.4 Å². The summed E-state index contributed by atoms with van der Waals surface area (Å²) < 4.78 is 0. The Labute approximate surface area is 147 Å². The van der Waals surface area contributed by atoms with Crippen molar-refractivity contribution < 1.29 is 4.79 Å². The molecule has 1 saturated heterocycles. The van der Waals surface area contributed by atoms with Crippen molar-refractivity contribution in [3.8, 4) is 18.2 Å². The molecule has 1 aliphatic heterocycles. The minimum Gasteiger partial charge on any atom is -0.368 e. The average molecular weight is 334 g/mol. The highest BCUT2D eigenvalue weighted by atomic mass is 16.2. The molecule has 0 saturated carbocycles. The number of amides is 1. The van der Waals surface area contributed by atoms with Gasteiger partial charge in [0.05, 0.1) is 0 Å². The molecule has 1 aromatic carbocycles. The van der Waals surface area contributed by atoms with E-state index < -0.39 is 0 Å². The lowest BCUT2D eigenvalue weighted by molar-refractivity contribution is -0.129. The third-order valence-electron chi connectivity index (χ3n) is 4.12. The molecular formula is C18H18N6O. The standard InChI is InChI=1S/C18H18N6O/c1-13-9-16(22-17(12-21)15(10-19)11-20)3-4-18(13)24-7-5-23(6-8-24)14(2)25/h3-4,9,22H,5-8H2,1-2H3. The summed E-state index contributed by atoms with van der Waals surface area (Å²) in [5.74, 6) is 0.0949. The van der Waals surface area contributed by atoms with Gasteiger partial charge in [0.1, 0.15) is 23.9 Å². The maximum Gasteiger partial charge on any atom is 0.219 e. The number of nitriles is 3. The molecule has 1 fully saturated rings. The van der Waals surface area contributed by atoms with E-state index in [-0.39, 0.29) is 17.2 Å². The van der Waals surface area contributed by atoms with E-state index in [2.05, 4.69) is 10.2 Å². The van der Waals surface area contributed by atoms with Crippen LogP contribution in [0, 0.1) is 40.9 Å². The number of hydrogen-bond donors (Lipinski definition) is 1. The molecular weight excluding hydrogens is 316 g/mol. The fourth-order valence-electron chi connectivity index (χ4n) is 2.78. The number of carbonyl (C=O) groups is 1. The van der Waals surface area contributed by atoms with Crippen molar-refractivity contribution in [1.29, 1.82) is 15.8 Å². The number of piperazine rings is 1. The Morgan fingerprint density at radius 2 is 1.72 bits per heavy atom. The lowest BCUT2D eigenvalue weighted by Crippen LogP contribution is -2.48. The van der Waals surface area contributed by atoms with Crippen LogP contribution >= 0.6 is 0 Å². The van der Waals surface area contributed by atoms with Crippen LogP contribution in [0.3, 0.4) is 0 Å². The lowest BCUT2D eigenvalue weighted by Gasteiger charge is -2.36. The second kappa shape index (κ2) is 7.86. The number of anilines is 2. The predicted octanol–water partition coefficient (Wildman–Crippen LogP) is 1.90. The lowest BCUT2D eigenvalue weighted by atomic mass is 10.1. The van der Waals surface area contributed by atoms with Gasteiger partial charge in [-0.2, -0.15) is 15.8 Å². The minimum absolute atomic E-state index is 0.0628. The van der Waals surface area contributed by atoms with Crippen molar-refractivity contribution >= 4 is 17.3 Å². The summed E-state index contributed by atoms with van der Waals surface area (Å²) in [6.07, 6.45) is 0. The summed E-state index contributed by atoms with van der Waals surface area (Å²) in [7, 11) is 0. The maximum atomic E-state index is 11.4. The van der Waals surface area contributed by atoms with E-state index in [0.29, 0.717) is 18.8 Å². The zero-order valence-electron chi connectivity index (χ0n) is 14.2. The molecule has 0 aliphatic carbocycles. The zero-order chi connectivity index (χ0) is 18.4. The number of nitrogens with one attached hydrogen (secondary N) is 1. The van der Waals surface area contributed by atoms with E-state index in [1.165, 1.54) is 0 Å². The van der Waals surface area contributed by atoms with Gasteiger partial charge < -0.3 is 15.1 Å². The summed E-state index contributed by atoms with van der Waals surface area (Å²) in [5, 5.41) is 29.7. The topological polar surface area (TPSA) is 107 Å². The van der Waals surface area contributed by atoms with E-state index in [9.17, 15) is 4.79 Å². The molecule has 7 heteroatoms. The second-order valence-corrected chi connectivity index (χ2v) is 5.70. The van der Waals surface area contributed by atoms with Crippen LogP contribution in [0.25, 0.3) is 0 Å². The third kappa shape index (κ3) is 4.07. The molecule has 1 amide bonds. The first kappa shape index (κ1) is 17.8. The molecule has 0 radical (unpaired) electrons. The zero-order valence-corrected chi connectivity index (χ0v) is 14.2. The summed E-state index contributed by atoms with van der Waals surface area (Å²) >= 11 is 0. The minimum atomic E-state index is -0.246. The van der Waals surface area contributed by atoms with Gasteiger partial charge in [-0.3, -0.25) is 4.79 Å². The monoisotopic (exact) mass is 334 g/mol. The molecule has 0 aromatic heterocycles. The summed E-state index contributed by atoms with van der Waals surface area (Å²) in [6.45, 7) is 6.47. The van der Waals surface area contributed by atoms with Gasteiger partial charge in [-0.05, 0) is 30.7 Å². The number of rotatable bonds is 3. The van der Waals surface area contributed by atoms with Crippen LogP contribution < -0.4 is 10.2 Å². The Kier molecular flexibility index (Phi) is 5.61. The van der Waals surface area contributed by atoms with Crippen LogP contribution in [0.1, 0.15) is 12.5 Å². The van der Waals surface area contributed by atoms with Crippen molar-refractivity contribution in [1.82, 2.24) is 4.90 Å². The summed E-state index contributed by atoms with van der Waals surface area (Å²) in [5.41, 5.74) is 2.41. The average Bonchev–Trinajstić information content (AvgIpc) is 2.62. The van der Waals surface area contributed by atoms with Gasteiger partial charge in [-0.25, -0.2) is 0 Å². The molecule has 126 valence electrons.